The summed E-state index contributed by atoms with van der Waals surface area (Å²) >= 11 is 0. The van der Waals surface area contributed by atoms with Crippen LogP contribution in [0, 0.1) is 17.8 Å². The summed E-state index contributed by atoms with van der Waals surface area (Å²) in [5.74, 6) is -1.67. The van der Waals surface area contributed by atoms with Crippen LogP contribution in [-0.4, -0.2) is 47.6 Å². The van der Waals surface area contributed by atoms with Gasteiger partial charge in [0.25, 0.3) is 0 Å². The van der Waals surface area contributed by atoms with Crippen LogP contribution >= 0.6 is 0 Å². The van der Waals surface area contributed by atoms with Crippen molar-refractivity contribution in [2.24, 2.45) is 17.8 Å². The van der Waals surface area contributed by atoms with Gasteiger partial charge in [0, 0.05) is 29.4 Å². The highest BCUT2D eigenvalue weighted by atomic mass is 16.6. The van der Waals surface area contributed by atoms with Crippen molar-refractivity contribution in [3.05, 3.63) is 35.5 Å². The Morgan fingerprint density at radius 2 is 2.15 bits per heavy atom. The molecule has 2 aliphatic carbocycles. The summed E-state index contributed by atoms with van der Waals surface area (Å²) in [6.45, 7) is 9.81. The minimum Gasteiger partial charge on any atom is -0.458 e. The average Bonchev–Trinajstić information content (AvgIpc) is 3.23. The number of ether oxygens (including phenoxy) is 3. The van der Waals surface area contributed by atoms with Crippen molar-refractivity contribution in [3.63, 3.8) is 0 Å². The number of fused-ring (bicyclic) bond motifs is 4. The lowest BCUT2D eigenvalue weighted by Crippen LogP contribution is -2.39. The van der Waals surface area contributed by atoms with Gasteiger partial charge >= 0.3 is 11.9 Å². The van der Waals surface area contributed by atoms with Crippen LogP contribution in [0.5, 0.6) is 0 Å². The van der Waals surface area contributed by atoms with Crippen molar-refractivity contribution < 1.29 is 28.9 Å². The van der Waals surface area contributed by atoms with Crippen LogP contribution < -0.4 is 0 Å². The van der Waals surface area contributed by atoms with E-state index in [1.54, 1.807) is 19.9 Å². The van der Waals surface area contributed by atoms with Crippen LogP contribution in [0.4, 0.5) is 0 Å². The fraction of sp³-hybridized carbons (Fsp3) is 0.600. The average molecular weight is 360 g/mol. The molecule has 7 unspecified atom stereocenters. The SMILES string of the molecule is C=C1C(=O)OC2C1C(OC(=O)C(C)=CC)CC1(CO1)C1C(O)C=C(C)C21. The molecule has 2 aliphatic heterocycles. The highest BCUT2D eigenvalue weighted by Gasteiger charge is 2.67. The minimum atomic E-state index is -0.664. The van der Waals surface area contributed by atoms with E-state index in [2.05, 4.69) is 6.58 Å². The number of aliphatic hydroxyl groups excluding tert-OH is 1. The molecule has 3 fully saturated rings. The number of aliphatic hydroxyl groups is 1. The van der Waals surface area contributed by atoms with E-state index < -0.39 is 41.8 Å². The van der Waals surface area contributed by atoms with Crippen molar-refractivity contribution >= 4 is 11.9 Å². The molecule has 2 heterocycles. The maximum absolute atomic E-state index is 12.4. The predicted molar refractivity (Wildman–Crippen MR) is 91.9 cm³/mol. The third-order valence-corrected chi connectivity index (χ3v) is 6.41. The van der Waals surface area contributed by atoms with Gasteiger partial charge < -0.3 is 19.3 Å². The molecular formula is C20H24O6. The van der Waals surface area contributed by atoms with Gasteiger partial charge in [-0.25, -0.2) is 9.59 Å². The molecule has 2 saturated heterocycles. The zero-order valence-electron chi connectivity index (χ0n) is 15.2. The van der Waals surface area contributed by atoms with Crippen LogP contribution in [0.1, 0.15) is 27.2 Å². The Morgan fingerprint density at radius 3 is 2.77 bits per heavy atom. The fourth-order valence-electron chi connectivity index (χ4n) is 4.89. The Balaban J connectivity index is 1.74. The summed E-state index contributed by atoms with van der Waals surface area (Å²) in [6, 6.07) is 0. The summed E-state index contributed by atoms with van der Waals surface area (Å²) in [4.78, 5) is 24.6. The normalized spacial score (nSPS) is 44.2. The number of hydrogen-bond acceptors (Lipinski definition) is 6. The van der Waals surface area contributed by atoms with Gasteiger partial charge in [-0.15, -0.1) is 0 Å². The zero-order chi connectivity index (χ0) is 18.8. The summed E-state index contributed by atoms with van der Waals surface area (Å²) in [7, 11) is 0. The summed E-state index contributed by atoms with van der Waals surface area (Å²) in [5.41, 5.74) is 1.26. The second-order valence-electron chi connectivity index (χ2n) is 7.85. The standard InChI is InChI=1S/C20H24O6/c1-5-9(2)18(22)25-13-7-20(8-24-20)16-12(21)6-10(3)14(16)17-15(13)11(4)19(23)26-17/h5-6,12-17,21H,4,7-8H2,1-3H3. The molecule has 0 aromatic heterocycles. The molecule has 1 N–H and O–H groups in total. The number of carbonyl (C=O) groups excluding carboxylic acids is 2. The molecule has 6 heteroatoms. The van der Waals surface area contributed by atoms with Gasteiger partial charge in [0.2, 0.25) is 0 Å². The molecule has 1 spiro atoms. The second-order valence-corrected chi connectivity index (χ2v) is 7.85. The maximum Gasteiger partial charge on any atom is 0.334 e. The second kappa shape index (κ2) is 5.79. The quantitative estimate of drug-likeness (QED) is 0.349. The topological polar surface area (TPSA) is 85.4 Å². The number of allylic oxidation sites excluding steroid dienone is 1. The Morgan fingerprint density at radius 1 is 1.46 bits per heavy atom. The highest BCUT2D eigenvalue weighted by Crippen LogP contribution is 2.58. The van der Waals surface area contributed by atoms with E-state index in [1.165, 1.54) is 0 Å². The predicted octanol–water partition coefficient (Wildman–Crippen LogP) is 1.69. The van der Waals surface area contributed by atoms with Crippen LogP contribution in [-0.2, 0) is 23.8 Å². The maximum atomic E-state index is 12.4. The third kappa shape index (κ3) is 2.39. The van der Waals surface area contributed by atoms with Crippen molar-refractivity contribution in [3.8, 4) is 0 Å². The molecule has 6 nitrogen and oxygen atoms in total. The lowest BCUT2D eigenvalue weighted by molar-refractivity contribution is -0.148. The number of epoxide rings is 1. The first-order valence-corrected chi connectivity index (χ1v) is 9.03. The van der Waals surface area contributed by atoms with Gasteiger partial charge in [0.05, 0.1) is 18.6 Å². The number of rotatable bonds is 2. The van der Waals surface area contributed by atoms with Crippen LogP contribution in [0.2, 0.25) is 0 Å². The first-order valence-electron chi connectivity index (χ1n) is 9.03. The first-order chi connectivity index (χ1) is 12.3. The van der Waals surface area contributed by atoms with Gasteiger partial charge in [-0.05, 0) is 20.8 Å². The molecule has 4 rings (SSSR count). The highest BCUT2D eigenvalue weighted by molar-refractivity contribution is 5.91. The van der Waals surface area contributed by atoms with Crippen molar-refractivity contribution in [2.45, 2.75) is 51.1 Å². The minimum absolute atomic E-state index is 0.160. The van der Waals surface area contributed by atoms with Gasteiger partial charge in [-0.3, -0.25) is 0 Å². The van der Waals surface area contributed by atoms with E-state index in [9.17, 15) is 14.7 Å². The molecule has 26 heavy (non-hydrogen) atoms. The molecule has 0 aromatic rings. The van der Waals surface area contributed by atoms with E-state index in [0.29, 0.717) is 24.2 Å². The number of carbonyl (C=O) groups is 2. The molecule has 0 aromatic carbocycles. The van der Waals surface area contributed by atoms with E-state index in [-0.39, 0.29) is 11.8 Å². The Bertz CT molecular complexity index is 743. The van der Waals surface area contributed by atoms with Gasteiger partial charge in [-0.2, -0.15) is 0 Å². The van der Waals surface area contributed by atoms with E-state index in [1.807, 2.05) is 13.0 Å². The molecule has 0 radical (unpaired) electrons. The lowest BCUT2D eigenvalue weighted by Gasteiger charge is -2.30. The van der Waals surface area contributed by atoms with Crippen LogP contribution in [0.15, 0.2) is 35.5 Å². The summed E-state index contributed by atoms with van der Waals surface area (Å²) < 4.78 is 17.3. The fourth-order valence-corrected chi connectivity index (χ4v) is 4.89. The molecule has 1 saturated carbocycles. The van der Waals surface area contributed by atoms with Crippen molar-refractivity contribution in [2.75, 3.05) is 6.61 Å². The Kier molecular flexibility index (Phi) is 3.90. The summed E-state index contributed by atoms with van der Waals surface area (Å²) in [5, 5.41) is 10.6. The van der Waals surface area contributed by atoms with Gasteiger partial charge in [0.15, 0.2) is 0 Å². The molecule has 7 atom stereocenters. The molecule has 0 bridgehead atoms. The number of esters is 2. The Labute approximate surface area is 152 Å². The molecule has 140 valence electrons. The smallest absolute Gasteiger partial charge is 0.334 e. The first kappa shape index (κ1) is 17.5. The van der Waals surface area contributed by atoms with Crippen LogP contribution in [0.25, 0.3) is 0 Å². The van der Waals surface area contributed by atoms with E-state index in [0.717, 1.165) is 5.57 Å². The molecule has 0 amide bonds. The van der Waals surface area contributed by atoms with E-state index in [4.69, 9.17) is 14.2 Å². The Hall–Kier alpha value is -1.92. The molecular weight excluding hydrogens is 336 g/mol. The lowest BCUT2D eigenvalue weighted by atomic mass is 9.77. The monoisotopic (exact) mass is 360 g/mol. The summed E-state index contributed by atoms with van der Waals surface area (Å²) in [6.07, 6.45) is 2.20. The van der Waals surface area contributed by atoms with Crippen LogP contribution in [0.3, 0.4) is 0 Å². The van der Waals surface area contributed by atoms with Crippen molar-refractivity contribution in [1.29, 1.82) is 0 Å². The molecule has 4 aliphatic rings. The van der Waals surface area contributed by atoms with Crippen molar-refractivity contribution in [1.82, 2.24) is 0 Å². The van der Waals surface area contributed by atoms with Gasteiger partial charge in [-0.1, -0.05) is 24.3 Å². The van der Waals surface area contributed by atoms with E-state index >= 15 is 0 Å². The van der Waals surface area contributed by atoms with Gasteiger partial charge in [0.1, 0.15) is 17.8 Å². The largest absolute Gasteiger partial charge is 0.458 e. The zero-order valence-corrected chi connectivity index (χ0v) is 15.2. The number of hydrogen-bond donors (Lipinski definition) is 1. The third-order valence-electron chi connectivity index (χ3n) is 6.41.